The van der Waals surface area contributed by atoms with Crippen LogP contribution in [0.2, 0.25) is 0 Å². The van der Waals surface area contributed by atoms with Gasteiger partial charge in [0.25, 0.3) is 5.91 Å². The number of β-lactam (4-membered cyclic amide) rings is 1. The number of rotatable bonds is 7. The van der Waals surface area contributed by atoms with Crippen molar-refractivity contribution in [1.82, 2.24) is 4.90 Å². The number of hydrogen-bond donors (Lipinski definition) is 0. The van der Waals surface area contributed by atoms with Gasteiger partial charge >= 0.3 is 0 Å². The number of hydrogen-bond acceptors (Lipinski definition) is 5. The smallest absolute Gasteiger partial charge is 0.270 e. The molecule has 3 aromatic rings. The standard InChI is InChI=1S/C27H28FN3O3/c1-33-23-13-9-22(10-14-23)31-25(26(27(31)32)34-24-11-7-20(28)8-12-24)19-29-15-17-30(18-16-29)21-5-3-2-4-6-21/h2-14,25-26H,15-19H2,1H3/t25-,26+/m1/s1. The van der Waals surface area contributed by atoms with Crippen molar-refractivity contribution in [3.8, 4) is 11.5 Å². The molecule has 176 valence electrons. The lowest BCUT2D eigenvalue weighted by atomic mass is 9.95. The zero-order valence-corrected chi connectivity index (χ0v) is 19.1. The van der Waals surface area contributed by atoms with Gasteiger partial charge in [0.2, 0.25) is 0 Å². The van der Waals surface area contributed by atoms with Crippen LogP contribution in [0.3, 0.4) is 0 Å². The number of methoxy groups -OCH3 is 1. The molecule has 2 atom stereocenters. The van der Waals surface area contributed by atoms with Crippen LogP contribution in [0.1, 0.15) is 0 Å². The zero-order valence-electron chi connectivity index (χ0n) is 19.1. The molecule has 2 aliphatic heterocycles. The molecule has 0 bridgehead atoms. The van der Waals surface area contributed by atoms with Gasteiger partial charge in [-0.25, -0.2) is 4.39 Å². The maximum Gasteiger partial charge on any atom is 0.270 e. The van der Waals surface area contributed by atoms with Crippen LogP contribution in [0.25, 0.3) is 0 Å². The number of anilines is 2. The molecule has 2 saturated heterocycles. The molecule has 0 spiro atoms. The Balaban J connectivity index is 1.30. The second kappa shape index (κ2) is 9.73. The maximum absolute atomic E-state index is 13.3. The summed E-state index contributed by atoms with van der Waals surface area (Å²) in [6.07, 6.45) is -0.611. The van der Waals surface area contributed by atoms with Gasteiger partial charge in [0, 0.05) is 44.1 Å². The first-order chi connectivity index (χ1) is 16.6. The second-order valence-corrected chi connectivity index (χ2v) is 8.59. The summed E-state index contributed by atoms with van der Waals surface area (Å²) < 4.78 is 24.6. The number of para-hydroxylation sites is 1. The molecule has 2 heterocycles. The fourth-order valence-electron chi connectivity index (χ4n) is 4.64. The molecule has 0 N–H and O–H groups in total. The van der Waals surface area contributed by atoms with Crippen molar-refractivity contribution < 1.29 is 18.7 Å². The number of amides is 1. The van der Waals surface area contributed by atoms with E-state index in [0.29, 0.717) is 12.3 Å². The molecule has 0 saturated carbocycles. The van der Waals surface area contributed by atoms with E-state index in [1.165, 1.54) is 17.8 Å². The number of carbonyl (C=O) groups is 1. The van der Waals surface area contributed by atoms with E-state index in [9.17, 15) is 9.18 Å². The third kappa shape index (κ3) is 4.56. The van der Waals surface area contributed by atoms with Crippen molar-refractivity contribution in [3.05, 3.63) is 84.7 Å². The van der Waals surface area contributed by atoms with Crippen LogP contribution in [0.15, 0.2) is 78.9 Å². The Bertz CT molecular complexity index is 1100. The number of halogens is 1. The van der Waals surface area contributed by atoms with Crippen LogP contribution in [0, 0.1) is 5.82 Å². The van der Waals surface area contributed by atoms with Crippen molar-refractivity contribution >= 4 is 17.3 Å². The second-order valence-electron chi connectivity index (χ2n) is 8.59. The van der Waals surface area contributed by atoms with Gasteiger partial charge in [0.15, 0.2) is 6.10 Å². The molecule has 1 amide bonds. The first-order valence-corrected chi connectivity index (χ1v) is 11.5. The predicted octanol–water partition coefficient (Wildman–Crippen LogP) is 3.82. The Hall–Kier alpha value is -3.58. The minimum absolute atomic E-state index is 0.0950. The molecular weight excluding hydrogens is 433 g/mol. The molecule has 0 aromatic heterocycles. The molecule has 0 unspecified atom stereocenters. The quantitative estimate of drug-likeness (QED) is 0.501. The molecule has 0 radical (unpaired) electrons. The Kier molecular flexibility index (Phi) is 6.36. The van der Waals surface area contributed by atoms with Crippen molar-refractivity contribution in [1.29, 1.82) is 0 Å². The van der Waals surface area contributed by atoms with Gasteiger partial charge in [-0.15, -0.1) is 0 Å². The highest BCUT2D eigenvalue weighted by molar-refractivity contribution is 6.05. The summed E-state index contributed by atoms with van der Waals surface area (Å²) in [5.41, 5.74) is 2.05. The van der Waals surface area contributed by atoms with Crippen LogP contribution in [-0.4, -0.2) is 62.8 Å². The largest absolute Gasteiger partial charge is 0.497 e. The van der Waals surface area contributed by atoms with Crippen LogP contribution >= 0.6 is 0 Å². The van der Waals surface area contributed by atoms with Crippen LogP contribution in [0.4, 0.5) is 15.8 Å². The number of benzene rings is 3. The van der Waals surface area contributed by atoms with Crippen LogP contribution in [-0.2, 0) is 4.79 Å². The maximum atomic E-state index is 13.3. The normalized spacial score (nSPS) is 20.7. The highest BCUT2D eigenvalue weighted by Gasteiger charge is 2.50. The fourth-order valence-corrected chi connectivity index (χ4v) is 4.64. The number of nitrogens with zero attached hydrogens (tertiary/aromatic N) is 3. The van der Waals surface area contributed by atoms with E-state index in [1.54, 1.807) is 24.1 Å². The summed E-state index contributed by atoms with van der Waals surface area (Å²) in [4.78, 5) is 19.7. The average molecular weight is 462 g/mol. The fraction of sp³-hybridized carbons (Fsp3) is 0.296. The van der Waals surface area contributed by atoms with E-state index in [4.69, 9.17) is 9.47 Å². The molecule has 2 fully saturated rings. The van der Waals surface area contributed by atoms with Crippen LogP contribution < -0.4 is 19.3 Å². The summed E-state index contributed by atoms with van der Waals surface area (Å²) in [6.45, 7) is 4.36. The monoisotopic (exact) mass is 461 g/mol. The van der Waals surface area contributed by atoms with Crippen LogP contribution in [0.5, 0.6) is 11.5 Å². The molecule has 0 aliphatic carbocycles. The van der Waals surface area contributed by atoms with Gasteiger partial charge in [-0.3, -0.25) is 9.69 Å². The van der Waals surface area contributed by atoms with Gasteiger partial charge in [-0.05, 0) is 60.7 Å². The van der Waals surface area contributed by atoms with Gasteiger partial charge < -0.3 is 19.3 Å². The molecule has 7 heteroatoms. The first-order valence-electron chi connectivity index (χ1n) is 11.5. The Morgan fingerprint density at radius 1 is 0.824 bits per heavy atom. The van der Waals surface area contributed by atoms with Gasteiger partial charge in [-0.1, -0.05) is 18.2 Å². The lowest BCUT2D eigenvalue weighted by Crippen LogP contribution is -2.71. The summed E-state index contributed by atoms with van der Waals surface area (Å²) in [5.74, 6) is 0.805. The number of piperazine rings is 1. The van der Waals surface area contributed by atoms with Crippen molar-refractivity contribution in [2.75, 3.05) is 49.6 Å². The van der Waals surface area contributed by atoms with Crippen molar-refractivity contribution in [2.24, 2.45) is 0 Å². The number of carbonyl (C=O) groups excluding carboxylic acids is 1. The Labute approximate surface area is 199 Å². The third-order valence-corrected chi connectivity index (χ3v) is 6.53. The van der Waals surface area contributed by atoms with E-state index in [-0.39, 0.29) is 17.8 Å². The molecular formula is C27H28FN3O3. The van der Waals surface area contributed by atoms with Crippen molar-refractivity contribution in [3.63, 3.8) is 0 Å². The highest BCUT2D eigenvalue weighted by Crippen LogP contribution is 2.33. The molecule has 34 heavy (non-hydrogen) atoms. The minimum atomic E-state index is -0.611. The topological polar surface area (TPSA) is 45.2 Å². The first kappa shape index (κ1) is 22.2. The molecule has 5 rings (SSSR count). The summed E-state index contributed by atoms with van der Waals surface area (Å²) in [5, 5.41) is 0. The van der Waals surface area contributed by atoms with E-state index in [2.05, 4.69) is 34.1 Å². The van der Waals surface area contributed by atoms with E-state index in [1.807, 2.05) is 30.3 Å². The lowest BCUT2D eigenvalue weighted by Gasteiger charge is -2.49. The van der Waals surface area contributed by atoms with Gasteiger partial charge in [-0.2, -0.15) is 0 Å². The summed E-state index contributed by atoms with van der Waals surface area (Å²) in [6, 6.07) is 23.6. The highest BCUT2D eigenvalue weighted by atomic mass is 19.1. The van der Waals surface area contributed by atoms with Crippen molar-refractivity contribution in [2.45, 2.75) is 12.1 Å². The predicted molar refractivity (Wildman–Crippen MR) is 130 cm³/mol. The average Bonchev–Trinajstić information content (AvgIpc) is 2.89. The van der Waals surface area contributed by atoms with E-state index in [0.717, 1.165) is 37.6 Å². The summed E-state index contributed by atoms with van der Waals surface area (Å²) >= 11 is 0. The van der Waals surface area contributed by atoms with Gasteiger partial charge in [0.05, 0.1) is 13.2 Å². The molecule has 2 aliphatic rings. The Morgan fingerprint density at radius 3 is 2.12 bits per heavy atom. The molecule has 6 nitrogen and oxygen atoms in total. The third-order valence-electron chi connectivity index (χ3n) is 6.53. The lowest BCUT2D eigenvalue weighted by molar-refractivity contribution is -0.135. The number of ether oxygens (including phenoxy) is 2. The SMILES string of the molecule is COc1ccc(N2C(=O)[C@@H](Oc3ccc(F)cc3)[C@H]2CN2CCN(c3ccccc3)CC2)cc1. The Morgan fingerprint density at radius 2 is 1.47 bits per heavy atom. The van der Waals surface area contributed by atoms with Gasteiger partial charge in [0.1, 0.15) is 17.3 Å². The summed E-state index contributed by atoms with van der Waals surface area (Å²) in [7, 11) is 1.62. The minimum Gasteiger partial charge on any atom is -0.497 e. The zero-order chi connectivity index (χ0) is 23.5. The van der Waals surface area contributed by atoms with E-state index >= 15 is 0 Å². The van der Waals surface area contributed by atoms with E-state index < -0.39 is 6.10 Å². The molecule has 3 aromatic carbocycles.